The van der Waals surface area contributed by atoms with Crippen molar-refractivity contribution >= 4 is 0 Å². The lowest BCUT2D eigenvalue weighted by molar-refractivity contribution is 0.163. The highest BCUT2D eigenvalue weighted by Crippen LogP contribution is 2.23. The van der Waals surface area contributed by atoms with Crippen LogP contribution in [0.2, 0.25) is 0 Å². The van der Waals surface area contributed by atoms with Crippen molar-refractivity contribution in [3.05, 3.63) is 29.8 Å². The van der Waals surface area contributed by atoms with Crippen LogP contribution in [-0.4, -0.2) is 11.7 Å². The molecular formula is C17H28O2. The molecule has 1 rings (SSSR count). The lowest BCUT2D eigenvalue weighted by atomic mass is 10.0. The Morgan fingerprint density at radius 3 is 2.58 bits per heavy atom. The molecule has 0 amide bonds. The second-order valence-electron chi connectivity index (χ2n) is 5.14. The molecule has 0 bridgehead atoms. The summed E-state index contributed by atoms with van der Waals surface area (Å²) in [4.78, 5) is 0. The maximum atomic E-state index is 10.1. The van der Waals surface area contributed by atoms with E-state index in [0.29, 0.717) is 0 Å². The van der Waals surface area contributed by atoms with Crippen LogP contribution in [0.25, 0.3) is 0 Å². The Kier molecular flexibility index (Phi) is 8.31. The molecule has 0 radical (unpaired) electrons. The van der Waals surface area contributed by atoms with Gasteiger partial charge < -0.3 is 9.84 Å². The number of benzene rings is 1. The molecule has 0 aliphatic carbocycles. The van der Waals surface area contributed by atoms with Gasteiger partial charge in [-0.2, -0.15) is 0 Å². The van der Waals surface area contributed by atoms with E-state index in [9.17, 15) is 5.11 Å². The van der Waals surface area contributed by atoms with E-state index in [-0.39, 0.29) is 6.10 Å². The third-order valence-corrected chi connectivity index (χ3v) is 3.34. The molecule has 0 heterocycles. The zero-order valence-corrected chi connectivity index (χ0v) is 12.4. The molecule has 0 spiro atoms. The monoisotopic (exact) mass is 264 g/mol. The summed E-state index contributed by atoms with van der Waals surface area (Å²) < 4.78 is 5.74. The first-order valence-corrected chi connectivity index (χ1v) is 7.68. The van der Waals surface area contributed by atoms with Gasteiger partial charge in [-0.15, -0.1) is 0 Å². The minimum absolute atomic E-state index is 0.358. The van der Waals surface area contributed by atoms with Crippen LogP contribution in [0.15, 0.2) is 24.3 Å². The lowest BCUT2D eigenvalue weighted by Crippen LogP contribution is -2.00. The fourth-order valence-electron chi connectivity index (χ4n) is 2.09. The van der Waals surface area contributed by atoms with Crippen LogP contribution in [0, 0.1) is 0 Å². The zero-order valence-electron chi connectivity index (χ0n) is 12.4. The average Bonchev–Trinajstić information content (AvgIpc) is 2.45. The molecule has 1 aromatic carbocycles. The molecular weight excluding hydrogens is 236 g/mol. The van der Waals surface area contributed by atoms with Gasteiger partial charge in [-0.25, -0.2) is 0 Å². The Morgan fingerprint density at radius 1 is 1.05 bits per heavy atom. The predicted molar refractivity (Wildman–Crippen MR) is 80.6 cm³/mol. The average molecular weight is 264 g/mol. The number of hydrogen-bond acceptors (Lipinski definition) is 2. The molecule has 1 aromatic rings. The van der Waals surface area contributed by atoms with Crippen molar-refractivity contribution in [3.63, 3.8) is 0 Å². The number of aliphatic hydroxyl groups is 1. The summed E-state index contributed by atoms with van der Waals surface area (Å²) in [5.41, 5.74) is 0.972. The SMILES string of the molecule is CCCCCCOc1cccc(C(O)CCCC)c1. The van der Waals surface area contributed by atoms with E-state index in [1.165, 1.54) is 19.3 Å². The van der Waals surface area contributed by atoms with Gasteiger partial charge in [0.05, 0.1) is 12.7 Å². The molecule has 19 heavy (non-hydrogen) atoms. The molecule has 1 unspecified atom stereocenters. The van der Waals surface area contributed by atoms with Gasteiger partial charge in [0, 0.05) is 0 Å². The highest BCUT2D eigenvalue weighted by atomic mass is 16.5. The van der Waals surface area contributed by atoms with Crippen molar-refractivity contribution < 1.29 is 9.84 Å². The molecule has 0 saturated carbocycles. The largest absolute Gasteiger partial charge is 0.494 e. The van der Waals surface area contributed by atoms with Crippen molar-refractivity contribution in [2.75, 3.05) is 6.61 Å². The molecule has 0 aliphatic rings. The fourth-order valence-corrected chi connectivity index (χ4v) is 2.09. The van der Waals surface area contributed by atoms with Crippen LogP contribution in [0.5, 0.6) is 5.75 Å². The minimum Gasteiger partial charge on any atom is -0.494 e. The van der Waals surface area contributed by atoms with E-state index in [1.54, 1.807) is 0 Å². The maximum Gasteiger partial charge on any atom is 0.119 e. The van der Waals surface area contributed by atoms with Gasteiger partial charge in [-0.1, -0.05) is 58.1 Å². The standard InChI is InChI=1S/C17H28O2/c1-3-5-7-8-13-19-16-11-9-10-15(14-16)17(18)12-6-4-2/h9-11,14,17-18H,3-8,12-13H2,1-2H3. The second-order valence-corrected chi connectivity index (χ2v) is 5.14. The van der Waals surface area contributed by atoms with Crippen LogP contribution >= 0.6 is 0 Å². The second kappa shape index (κ2) is 9.85. The first-order valence-electron chi connectivity index (χ1n) is 7.68. The number of unbranched alkanes of at least 4 members (excludes halogenated alkanes) is 4. The van der Waals surface area contributed by atoms with Crippen molar-refractivity contribution in [1.82, 2.24) is 0 Å². The summed E-state index contributed by atoms with van der Waals surface area (Å²) in [6.07, 6.45) is 7.51. The molecule has 1 N–H and O–H groups in total. The van der Waals surface area contributed by atoms with Crippen LogP contribution in [-0.2, 0) is 0 Å². The normalized spacial score (nSPS) is 12.4. The van der Waals surface area contributed by atoms with Gasteiger partial charge in [-0.05, 0) is 30.5 Å². The number of aliphatic hydroxyl groups excluding tert-OH is 1. The van der Waals surface area contributed by atoms with Crippen LogP contribution in [0.3, 0.4) is 0 Å². The van der Waals surface area contributed by atoms with E-state index in [4.69, 9.17) is 4.74 Å². The first kappa shape index (κ1) is 16.0. The maximum absolute atomic E-state index is 10.1. The smallest absolute Gasteiger partial charge is 0.119 e. The summed E-state index contributed by atoms with van der Waals surface area (Å²) >= 11 is 0. The van der Waals surface area contributed by atoms with Gasteiger partial charge in [0.25, 0.3) is 0 Å². The number of hydrogen-bond donors (Lipinski definition) is 1. The van der Waals surface area contributed by atoms with Crippen molar-refractivity contribution in [2.24, 2.45) is 0 Å². The Bertz CT molecular complexity index is 336. The van der Waals surface area contributed by atoms with E-state index < -0.39 is 0 Å². The number of ether oxygens (including phenoxy) is 1. The van der Waals surface area contributed by atoms with Gasteiger partial charge in [0.2, 0.25) is 0 Å². The summed E-state index contributed by atoms with van der Waals surface area (Å²) in [6, 6.07) is 7.88. The summed E-state index contributed by atoms with van der Waals surface area (Å²) in [5, 5.41) is 10.1. The quantitative estimate of drug-likeness (QED) is 0.611. The van der Waals surface area contributed by atoms with Crippen molar-refractivity contribution in [3.8, 4) is 5.75 Å². The Balaban J connectivity index is 2.38. The van der Waals surface area contributed by atoms with E-state index >= 15 is 0 Å². The summed E-state index contributed by atoms with van der Waals surface area (Å²) in [5.74, 6) is 0.879. The molecule has 0 aliphatic heterocycles. The highest BCUT2D eigenvalue weighted by Gasteiger charge is 2.07. The van der Waals surface area contributed by atoms with E-state index in [2.05, 4.69) is 13.8 Å². The molecule has 1 atom stereocenters. The Labute approximate surface area is 117 Å². The summed E-state index contributed by atoms with van der Waals surface area (Å²) in [6.45, 7) is 5.12. The van der Waals surface area contributed by atoms with Gasteiger partial charge in [0.15, 0.2) is 0 Å². The van der Waals surface area contributed by atoms with Gasteiger partial charge in [-0.3, -0.25) is 0 Å². The van der Waals surface area contributed by atoms with E-state index in [0.717, 1.165) is 43.6 Å². The van der Waals surface area contributed by atoms with Crippen LogP contribution < -0.4 is 4.74 Å². The minimum atomic E-state index is -0.358. The van der Waals surface area contributed by atoms with Gasteiger partial charge >= 0.3 is 0 Å². The first-order chi connectivity index (χ1) is 9.27. The molecule has 0 fully saturated rings. The Hall–Kier alpha value is -1.02. The van der Waals surface area contributed by atoms with Crippen molar-refractivity contribution in [2.45, 2.75) is 64.9 Å². The molecule has 0 aromatic heterocycles. The highest BCUT2D eigenvalue weighted by molar-refractivity contribution is 5.29. The zero-order chi connectivity index (χ0) is 13.9. The topological polar surface area (TPSA) is 29.5 Å². The van der Waals surface area contributed by atoms with E-state index in [1.807, 2.05) is 24.3 Å². The third-order valence-electron chi connectivity index (χ3n) is 3.34. The van der Waals surface area contributed by atoms with Crippen LogP contribution in [0.4, 0.5) is 0 Å². The predicted octanol–water partition coefficient (Wildman–Crippen LogP) is 4.87. The Morgan fingerprint density at radius 2 is 1.84 bits per heavy atom. The lowest BCUT2D eigenvalue weighted by Gasteiger charge is -2.12. The van der Waals surface area contributed by atoms with Crippen molar-refractivity contribution in [1.29, 1.82) is 0 Å². The van der Waals surface area contributed by atoms with Crippen LogP contribution in [0.1, 0.15) is 70.5 Å². The molecule has 2 heteroatoms. The molecule has 2 nitrogen and oxygen atoms in total. The molecule has 108 valence electrons. The number of rotatable bonds is 10. The van der Waals surface area contributed by atoms with Gasteiger partial charge in [0.1, 0.15) is 5.75 Å². The third kappa shape index (κ3) is 6.63. The molecule has 0 saturated heterocycles. The summed E-state index contributed by atoms with van der Waals surface area (Å²) in [7, 11) is 0. The fraction of sp³-hybridized carbons (Fsp3) is 0.647.